The lowest BCUT2D eigenvalue weighted by Gasteiger charge is -2.34. The molecule has 2 N–H and O–H groups in total. The van der Waals surface area contributed by atoms with Gasteiger partial charge < -0.3 is 15.2 Å². The zero-order valence-electron chi connectivity index (χ0n) is 14.7. The second kappa shape index (κ2) is 7.25. The molecule has 1 fully saturated rings. The number of hydrogen-bond donors (Lipinski definition) is 2. The van der Waals surface area contributed by atoms with Gasteiger partial charge in [-0.3, -0.25) is 4.57 Å². The Balaban J connectivity index is 1.44. The number of anilines is 1. The molecule has 0 spiro atoms. The minimum atomic E-state index is -0.0522. The lowest BCUT2D eigenvalue weighted by Crippen LogP contribution is -2.42. The van der Waals surface area contributed by atoms with Crippen LogP contribution in [0.5, 0.6) is 0 Å². The average molecular weight is 377 g/mol. The molecule has 7 heteroatoms. The molecule has 0 aliphatic carbocycles. The first-order valence-electron chi connectivity index (χ1n) is 8.91. The Kier molecular flexibility index (Phi) is 4.65. The smallest absolute Gasteiger partial charge is 0.326 e. The molecule has 3 aromatic rings. The van der Waals surface area contributed by atoms with E-state index in [1.165, 1.54) is 0 Å². The monoisotopic (exact) mass is 377 g/mol. The maximum atomic E-state index is 12.4. The molecule has 4 rings (SSSR count). The predicted molar refractivity (Wildman–Crippen MR) is 110 cm³/mol. The molecular weight excluding hydrogens is 358 g/mol. The summed E-state index contributed by atoms with van der Waals surface area (Å²) in [4.78, 5) is 17.4. The number of H-pyrrole nitrogens is 1. The Hall–Kier alpha value is -3.11. The number of aromatic nitrogens is 2. The minimum absolute atomic E-state index is 0.0522. The summed E-state index contributed by atoms with van der Waals surface area (Å²) >= 11 is 5.53. The third-order valence-corrected chi connectivity index (χ3v) is 5.34. The highest BCUT2D eigenvalue weighted by Crippen LogP contribution is 2.25. The zero-order valence-corrected chi connectivity index (χ0v) is 15.5. The van der Waals surface area contributed by atoms with Crippen LogP contribution < -0.4 is 11.0 Å². The fraction of sp³-hybridized carbons (Fsp3) is 0.250. The number of para-hydroxylation sites is 2. The molecule has 2 aromatic carbocycles. The van der Waals surface area contributed by atoms with Gasteiger partial charge in [-0.25, -0.2) is 4.79 Å². The Morgan fingerprint density at radius 3 is 2.74 bits per heavy atom. The van der Waals surface area contributed by atoms with Crippen molar-refractivity contribution in [2.45, 2.75) is 18.9 Å². The van der Waals surface area contributed by atoms with Crippen LogP contribution in [0.2, 0.25) is 0 Å². The number of benzene rings is 2. The van der Waals surface area contributed by atoms with Crippen molar-refractivity contribution in [2.24, 2.45) is 0 Å². The van der Waals surface area contributed by atoms with Gasteiger partial charge >= 0.3 is 5.69 Å². The molecule has 1 aromatic heterocycles. The number of hydrogen-bond acceptors (Lipinski definition) is 3. The number of imidazole rings is 1. The Labute approximate surface area is 162 Å². The first-order chi connectivity index (χ1) is 13.2. The summed E-state index contributed by atoms with van der Waals surface area (Å²) in [6, 6.07) is 17.4. The van der Waals surface area contributed by atoms with E-state index in [0.717, 1.165) is 42.7 Å². The molecule has 0 saturated carbocycles. The van der Waals surface area contributed by atoms with Crippen LogP contribution in [-0.2, 0) is 0 Å². The summed E-state index contributed by atoms with van der Waals surface area (Å²) in [6.07, 6.45) is 1.70. The minimum Gasteiger partial charge on any atom is -0.349 e. The van der Waals surface area contributed by atoms with Gasteiger partial charge in [0.1, 0.15) is 0 Å². The molecule has 1 saturated heterocycles. The molecule has 0 bridgehead atoms. The molecule has 136 valence electrons. The molecule has 1 aliphatic heterocycles. The number of thiocarbonyl (C=S) groups is 1. The average Bonchev–Trinajstić information content (AvgIpc) is 3.04. The van der Waals surface area contributed by atoms with Gasteiger partial charge in [-0.1, -0.05) is 18.2 Å². The number of likely N-dealkylation sites (tertiary alicyclic amines) is 1. The SMILES string of the molecule is N#Cc1cccc(NC(=S)N2CCC(n3c(=O)[nH]c4ccccc43)CC2)c1. The van der Waals surface area contributed by atoms with Crippen LogP contribution in [0.3, 0.4) is 0 Å². The number of aromatic amines is 1. The van der Waals surface area contributed by atoms with Crippen LogP contribution in [0, 0.1) is 11.3 Å². The summed E-state index contributed by atoms with van der Waals surface area (Å²) < 4.78 is 1.87. The van der Waals surface area contributed by atoms with Gasteiger partial charge in [0.15, 0.2) is 5.11 Å². The summed E-state index contributed by atoms with van der Waals surface area (Å²) in [5, 5.41) is 12.9. The summed E-state index contributed by atoms with van der Waals surface area (Å²) in [7, 11) is 0. The van der Waals surface area contributed by atoms with Crippen molar-refractivity contribution in [3.8, 4) is 6.07 Å². The van der Waals surface area contributed by atoms with Crippen molar-refractivity contribution in [3.05, 3.63) is 64.6 Å². The highest BCUT2D eigenvalue weighted by Gasteiger charge is 2.24. The zero-order chi connectivity index (χ0) is 18.8. The fourth-order valence-electron chi connectivity index (χ4n) is 3.63. The van der Waals surface area contributed by atoms with E-state index in [-0.39, 0.29) is 11.7 Å². The first kappa shape index (κ1) is 17.3. The van der Waals surface area contributed by atoms with Gasteiger partial charge in [-0.2, -0.15) is 5.26 Å². The number of rotatable bonds is 2. The molecular formula is C20H19N5OS. The Morgan fingerprint density at radius 1 is 1.19 bits per heavy atom. The van der Waals surface area contributed by atoms with Crippen LogP contribution in [0.4, 0.5) is 5.69 Å². The van der Waals surface area contributed by atoms with Crippen molar-refractivity contribution in [1.29, 1.82) is 5.26 Å². The summed E-state index contributed by atoms with van der Waals surface area (Å²) in [5.74, 6) is 0. The van der Waals surface area contributed by atoms with Crippen molar-refractivity contribution in [2.75, 3.05) is 18.4 Å². The van der Waals surface area contributed by atoms with E-state index < -0.39 is 0 Å². The van der Waals surface area contributed by atoms with Gasteiger partial charge in [0.05, 0.1) is 22.7 Å². The maximum Gasteiger partial charge on any atom is 0.326 e. The largest absolute Gasteiger partial charge is 0.349 e. The Morgan fingerprint density at radius 2 is 1.96 bits per heavy atom. The van der Waals surface area contributed by atoms with Gasteiger partial charge in [-0.05, 0) is 55.4 Å². The van der Waals surface area contributed by atoms with Crippen molar-refractivity contribution < 1.29 is 0 Å². The summed E-state index contributed by atoms with van der Waals surface area (Å²) in [6.45, 7) is 1.56. The molecule has 2 heterocycles. The lowest BCUT2D eigenvalue weighted by atomic mass is 10.0. The van der Waals surface area contributed by atoms with E-state index in [1.54, 1.807) is 12.1 Å². The fourth-order valence-corrected chi connectivity index (χ4v) is 3.93. The van der Waals surface area contributed by atoms with Crippen LogP contribution in [0.15, 0.2) is 53.3 Å². The van der Waals surface area contributed by atoms with Gasteiger partial charge in [0.2, 0.25) is 0 Å². The lowest BCUT2D eigenvalue weighted by molar-refractivity contribution is 0.269. The highest BCUT2D eigenvalue weighted by atomic mass is 32.1. The first-order valence-corrected chi connectivity index (χ1v) is 9.32. The van der Waals surface area contributed by atoms with Crippen LogP contribution in [-0.4, -0.2) is 32.7 Å². The van der Waals surface area contributed by atoms with Crippen molar-refractivity contribution in [3.63, 3.8) is 0 Å². The number of piperidine rings is 1. The van der Waals surface area contributed by atoms with E-state index in [0.29, 0.717) is 10.7 Å². The third-order valence-electron chi connectivity index (χ3n) is 4.98. The van der Waals surface area contributed by atoms with Crippen LogP contribution in [0.25, 0.3) is 11.0 Å². The normalized spacial score (nSPS) is 14.9. The van der Waals surface area contributed by atoms with Gasteiger partial charge in [0, 0.05) is 24.8 Å². The molecule has 0 atom stereocenters. The van der Waals surface area contributed by atoms with Crippen molar-refractivity contribution >= 4 is 34.1 Å². The number of fused-ring (bicyclic) bond motifs is 1. The topological polar surface area (TPSA) is 76.8 Å². The number of nitriles is 1. The molecule has 27 heavy (non-hydrogen) atoms. The van der Waals surface area contributed by atoms with Gasteiger partial charge in [0.25, 0.3) is 0 Å². The van der Waals surface area contributed by atoms with E-state index in [9.17, 15) is 4.79 Å². The van der Waals surface area contributed by atoms with E-state index >= 15 is 0 Å². The molecule has 0 unspecified atom stereocenters. The second-order valence-corrected chi connectivity index (χ2v) is 7.04. The number of nitrogens with one attached hydrogen (secondary N) is 2. The number of nitrogens with zero attached hydrogens (tertiary/aromatic N) is 3. The Bertz CT molecular complexity index is 1090. The molecule has 1 aliphatic rings. The standard InChI is InChI=1S/C20H19N5OS/c21-13-14-4-3-5-15(12-14)22-20(27)24-10-8-16(9-11-24)25-18-7-2-1-6-17(18)23-19(25)26/h1-7,12,16H,8-11H2,(H,22,27)(H,23,26). The molecule has 0 radical (unpaired) electrons. The second-order valence-electron chi connectivity index (χ2n) is 6.66. The molecule has 0 amide bonds. The quantitative estimate of drug-likeness (QED) is 0.671. The third kappa shape index (κ3) is 3.44. The van der Waals surface area contributed by atoms with E-state index in [1.807, 2.05) is 41.0 Å². The predicted octanol–water partition coefficient (Wildman–Crippen LogP) is 3.24. The van der Waals surface area contributed by atoms with Crippen LogP contribution >= 0.6 is 12.2 Å². The molecule has 6 nitrogen and oxygen atoms in total. The van der Waals surface area contributed by atoms with E-state index in [4.69, 9.17) is 17.5 Å². The maximum absolute atomic E-state index is 12.4. The van der Waals surface area contributed by atoms with Crippen LogP contribution in [0.1, 0.15) is 24.4 Å². The summed E-state index contributed by atoms with van der Waals surface area (Å²) in [5.41, 5.74) is 3.19. The van der Waals surface area contributed by atoms with Crippen molar-refractivity contribution in [1.82, 2.24) is 14.5 Å². The van der Waals surface area contributed by atoms with E-state index in [2.05, 4.69) is 21.3 Å². The van der Waals surface area contributed by atoms with Gasteiger partial charge in [-0.15, -0.1) is 0 Å². The highest BCUT2D eigenvalue weighted by molar-refractivity contribution is 7.80.